The van der Waals surface area contributed by atoms with Crippen molar-refractivity contribution < 1.29 is 9.53 Å². The predicted molar refractivity (Wildman–Crippen MR) is 96.6 cm³/mol. The summed E-state index contributed by atoms with van der Waals surface area (Å²) < 4.78 is 6.40. The van der Waals surface area contributed by atoms with E-state index in [0.29, 0.717) is 5.57 Å². The Morgan fingerprint density at radius 3 is 2.62 bits per heavy atom. The number of aryl methyl sites for hydroxylation is 1. The molecule has 2 aromatic rings. The number of fused-ring (bicyclic) bond motifs is 2. The van der Waals surface area contributed by atoms with Crippen molar-refractivity contribution in [3.8, 4) is 0 Å². The van der Waals surface area contributed by atoms with Crippen LogP contribution in [0.5, 0.6) is 0 Å². The molecule has 24 heavy (non-hydrogen) atoms. The van der Waals surface area contributed by atoms with Crippen LogP contribution in [0, 0.1) is 6.92 Å². The monoisotopic (exact) mass is 319 g/mol. The number of hydrogen-bond acceptors (Lipinski definition) is 2. The Balaban J connectivity index is 2.02. The number of rotatable bonds is 1. The van der Waals surface area contributed by atoms with Crippen LogP contribution in [0.2, 0.25) is 0 Å². The van der Waals surface area contributed by atoms with Crippen LogP contribution in [0.15, 0.2) is 42.5 Å². The van der Waals surface area contributed by atoms with E-state index in [4.69, 9.17) is 4.74 Å². The maximum atomic E-state index is 13.0. The van der Waals surface area contributed by atoms with E-state index >= 15 is 0 Å². The Kier molecular flexibility index (Phi) is 3.11. The van der Waals surface area contributed by atoms with E-state index in [9.17, 15) is 4.79 Å². The fourth-order valence-electron chi connectivity index (χ4n) is 3.68. The summed E-state index contributed by atoms with van der Waals surface area (Å²) in [5.74, 6) is 0.719. The lowest BCUT2D eigenvalue weighted by atomic mass is 9.91. The van der Waals surface area contributed by atoms with Gasteiger partial charge in [0.1, 0.15) is 11.4 Å². The van der Waals surface area contributed by atoms with E-state index in [-0.39, 0.29) is 11.5 Å². The van der Waals surface area contributed by atoms with Crippen molar-refractivity contribution in [3.63, 3.8) is 0 Å². The zero-order valence-corrected chi connectivity index (χ0v) is 14.5. The molecule has 0 bridgehead atoms. The summed E-state index contributed by atoms with van der Waals surface area (Å²) >= 11 is 0. The third-order valence-electron chi connectivity index (χ3n) is 5.27. The molecule has 3 heteroatoms. The van der Waals surface area contributed by atoms with Crippen molar-refractivity contribution in [2.45, 2.75) is 32.8 Å². The van der Waals surface area contributed by atoms with E-state index in [2.05, 4.69) is 32.0 Å². The summed E-state index contributed by atoms with van der Waals surface area (Å²) in [6.45, 7) is 6.26. The molecule has 0 saturated carbocycles. The highest BCUT2D eigenvalue weighted by Gasteiger charge is 2.43. The first-order valence-electron chi connectivity index (χ1n) is 8.38. The number of anilines is 1. The van der Waals surface area contributed by atoms with Gasteiger partial charge in [0, 0.05) is 23.7 Å². The second-order valence-electron chi connectivity index (χ2n) is 6.82. The standard InChI is InChI=1S/C21H21NO2/c1-5-21(3)16-9-7-6-8-14(16)19(24-21)18-15-12-13(2)10-11-17(15)22(4)20(18)23/h6-12H,5H2,1-4H3/b19-18+. The van der Waals surface area contributed by atoms with Crippen molar-refractivity contribution in [3.05, 3.63) is 64.7 Å². The molecule has 0 saturated heterocycles. The zero-order chi connectivity index (χ0) is 17.1. The first kappa shape index (κ1) is 15.0. The zero-order valence-electron chi connectivity index (χ0n) is 14.5. The SMILES string of the molecule is CCC1(C)O/C(=C2/C(=O)N(C)c3ccc(C)cc32)c2ccccc21. The molecule has 3 nitrogen and oxygen atoms in total. The number of benzene rings is 2. The maximum Gasteiger partial charge on any atom is 0.262 e. The highest BCUT2D eigenvalue weighted by atomic mass is 16.5. The van der Waals surface area contributed by atoms with Crippen LogP contribution in [0.1, 0.15) is 42.5 Å². The van der Waals surface area contributed by atoms with Gasteiger partial charge >= 0.3 is 0 Å². The van der Waals surface area contributed by atoms with Gasteiger partial charge < -0.3 is 9.64 Å². The van der Waals surface area contributed by atoms with Gasteiger partial charge in [0.05, 0.1) is 11.3 Å². The topological polar surface area (TPSA) is 29.5 Å². The summed E-state index contributed by atoms with van der Waals surface area (Å²) in [7, 11) is 1.82. The van der Waals surface area contributed by atoms with Crippen LogP contribution < -0.4 is 4.90 Å². The molecule has 0 aliphatic carbocycles. The third-order valence-corrected chi connectivity index (χ3v) is 5.27. The van der Waals surface area contributed by atoms with Crippen LogP contribution in [-0.2, 0) is 15.1 Å². The fourth-order valence-corrected chi connectivity index (χ4v) is 3.68. The number of amides is 1. The van der Waals surface area contributed by atoms with Crippen LogP contribution in [0.3, 0.4) is 0 Å². The molecule has 0 spiro atoms. The minimum absolute atomic E-state index is 0.000700. The predicted octanol–water partition coefficient (Wildman–Crippen LogP) is 4.50. The molecular formula is C21H21NO2. The highest BCUT2D eigenvalue weighted by Crippen LogP contribution is 2.50. The van der Waals surface area contributed by atoms with Gasteiger partial charge in [-0.2, -0.15) is 0 Å². The van der Waals surface area contributed by atoms with Crippen LogP contribution in [-0.4, -0.2) is 13.0 Å². The normalized spacial score (nSPS) is 24.8. The van der Waals surface area contributed by atoms with Gasteiger partial charge in [0.25, 0.3) is 5.91 Å². The molecule has 1 unspecified atom stereocenters. The molecule has 0 fully saturated rings. The fraction of sp³-hybridized carbons (Fsp3) is 0.286. The summed E-state index contributed by atoms with van der Waals surface area (Å²) in [4.78, 5) is 14.7. The first-order valence-corrected chi connectivity index (χ1v) is 8.38. The summed E-state index contributed by atoms with van der Waals surface area (Å²) in [5, 5.41) is 0. The van der Waals surface area contributed by atoms with Gasteiger partial charge in [-0.05, 0) is 32.4 Å². The van der Waals surface area contributed by atoms with Crippen molar-refractivity contribution >= 4 is 22.9 Å². The average Bonchev–Trinajstić information content (AvgIpc) is 3.01. The molecule has 2 aromatic carbocycles. The third kappa shape index (κ3) is 1.87. The molecular weight excluding hydrogens is 298 g/mol. The molecule has 1 amide bonds. The van der Waals surface area contributed by atoms with E-state index in [1.165, 1.54) is 0 Å². The van der Waals surface area contributed by atoms with E-state index in [0.717, 1.165) is 40.1 Å². The molecule has 4 rings (SSSR count). The van der Waals surface area contributed by atoms with Gasteiger partial charge in [-0.15, -0.1) is 0 Å². The minimum atomic E-state index is -0.385. The molecule has 2 aliphatic rings. The van der Waals surface area contributed by atoms with Crippen LogP contribution in [0.4, 0.5) is 5.69 Å². The van der Waals surface area contributed by atoms with E-state index in [1.807, 2.05) is 38.2 Å². The summed E-state index contributed by atoms with van der Waals surface area (Å²) in [6, 6.07) is 14.3. The molecule has 0 aromatic heterocycles. The Hall–Kier alpha value is -2.55. The van der Waals surface area contributed by atoms with Crippen LogP contribution in [0.25, 0.3) is 11.3 Å². The smallest absolute Gasteiger partial charge is 0.262 e. The molecule has 2 heterocycles. The lowest BCUT2D eigenvalue weighted by Gasteiger charge is -2.23. The van der Waals surface area contributed by atoms with Crippen molar-refractivity contribution in [1.29, 1.82) is 0 Å². The lowest BCUT2D eigenvalue weighted by molar-refractivity contribution is -0.112. The van der Waals surface area contributed by atoms with E-state index in [1.54, 1.807) is 4.90 Å². The molecule has 122 valence electrons. The molecule has 2 aliphatic heterocycles. The van der Waals surface area contributed by atoms with Gasteiger partial charge in [0.15, 0.2) is 0 Å². The number of nitrogens with zero attached hydrogens (tertiary/aromatic N) is 1. The Labute approximate surface area is 142 Å². The average molecular weight is 319 g/mol. The second-order valence-corrected chi connectivity index (χ2v) is 6.82. The van der Waals surface area contributed by atoms with Crippen molar-refractivity contribution in [2.75, 3.05) is 11.9 Å². The van der Waals surface area contributed by atoms with Gasteiger partial charge in [-0.25, -0.2) is 0 Å². The molecule has 0 radical (unpaired) electrons. The molecule has 1 atom stereocenters. The summed E-state index contributed by atoms with van der Waals surface area (Å²) in [6.07, 6.45) is 0.853. The van der Waals surface area contributed by atoms with Crippen molar-refractivity contribution in [1.82, 2.24) is 0 Å². The number of hydrogen-bond donors (Lipinski definition) is 0. The Bertz CT molecular complexity index is 896. The molecule has 0 N–H and O–H groups in total. The first-order chi connectivity index (χ1) is 11.5. The highest BCUT2D eigenvalue weighted by molar-refractivity contribution is 6.37. The second kappa shape index (κ2) is 4.97. The largest absolute Gasteiger partial charge is 0.481 e. The minimum Gasteiger partial charge on any atom is -0.481 e. The van der Waals surface area contributed by atoms with Gasteiger partial charge in [-0.1, -0.05) is 42.8 Å². The van der Waals surface area contributed by atoms with E-state index < -0.39 is 0 Å². The number of carbonyl (C=O) groups excluding carboxylic acids is 1. The van der Waals surface area contributed by atoms with Gasteiger partial charge in [0.2, 0.25) is 0 Å². The Morgan fingerprint density at radius 2 is 1.88 bits per heavy atom. The number of ether oxygens (including phenoxy) is 1. The maximum absolute atomic E-state index is 13.0. The number of carbonyl (C=O) groups is 1. The van der Waals surface area contributed by atoms with Gasteiger partial charge in [-0.3, -0.25) is 4.79 Å². The Morgan fingerprint density at radius 1 is 1.12 bits per heavy atom. The number of likely N-dealkylation sites (N-methyl/N-ethyl adjacent to an activating group) is 1. The van der Waals surface area contributed by atoms with Crippen LogP contribution >= 0.6 is 0 Å². The quantitative estimate of drug-likeness (QED) is 0.725. The summed E-state index contributed by atoms with van der Waals surface area (Å²) in [5.41, 5.74) is 5.54. The lowest BCUT2D eigenvalue weighted by Crippen LogP contribution is -2.21. The van der Waals surface area contributed by atoms with Crippen molar-refractivity contribution in [2.24, 2.45) is 0 Å².